The van der Waals surface area contributed by atoms with Crippen LogP contribution in [-0.4, -0.2) is 51.5 Å². The molecule has 2 N–H and O–H groups in total. The number of hydrogen-bond donors (Lipinski definition) is 2. The molecule has 1 aromatic heterocycles. The normalized spacial score (nSPS) is 13.9. The van der Waals surface area contributed by atoms with Gasteiger partial charge in [0.2, 0.25) is 0 Å². The van der Waals surface area contributed by atoms with E-state index in [9.17, 15) is 18.0 Å². The standard InChI is InChI=1S/C29H26N4O5S/c34-28(15-14-23-20-27(33-16-18-38-19-17-33)25-8-4-5-9-26(25)30-23)21-10-12-22(13-11-21)31-29(35)32-39(36,37)24-6-2-1-3-7-24/h1-15,20H,16-19H2,(H2,31,32,35). The topological polar surface area (TPSA) is 118 Å². The van der Waals surface area contributed by atoms with Crippen LogP contribution in [0, 0.1) is 0 Å². The third-order valence-electron chi connectivity index (χ3n) is 6.18. The molecule has 0 bridgehead atoms. The molecule has 0 spiro atoms. The zero-order chi connectivity index (χ0) is 27.2. The summed E-state index contributed by atoms with van der Waals surface area (Å²) in [6.45, 7) is 2.89. The van der Waals surface area contributed by atoms with Crippen molar-refractivity contribution in [3.8, 4) is 0 Å². The highest BCUT2D eigenvalue weighted by Gasteiger charge is 2.18. The van der Waals surface area contributed by atoms with E-state index < -0.39 is 16.1 Å². The number of morpholine rings is 1. The minimum Gasteiger partial charge on any atom is -0.378 e. The highest BCUT2D eigenvalue weighted by Crippen LogP contribution is 2.28. The molecular weight excluding hydrogens is 516 g/mol. The van der Waals surface area contributed by atoms with Crippen molar-refractivity contribution in [2.24, 2.45) is 0 Å². The summed E-state index contributed by atoms with van der Waals surface area (Å²) in [5, 5.41) is 3.51. The largest absolute Gasteiger partial charge is 0.378 e. The van der Waals surface area contributed by atoms with Gasteiger partial charge in [0.1, 0.15) is 0 Å². The molecule has 5 rings (SSSR count). The van der Waals surface area contributed by atoms with E-state index in [1.165, 1.54) is 30.3 Å². The molecule has 39 heavy (non-hydrogen) atoms. The van der Waals surface area contributed by atoms with Crippen molar-refractivity contribution in [1.29, 1.82) is 0 Å². The van der Waals surface area contributed by atoms with Crippen molar-refractivity contribution in [1.82, 2.24) is 9.71 Å². The number of sulfonamides is 1. The van der Waals surface area contributed by atoms with E-state index in [0.29, 0.717) is 30.2 Å². The van der Waals surface area contributed by atoms with E-state index in [1.807, 2.05) is 35.1 Å². The lowest BCUT2D eigenvalue weighted by Gasteiger charge is -2.30. The maximum Gasteiger partial charge on any atom is 0.333 e. The van der Waals surface area contributed by atoms with Gasteiger partial charge in [-0.1, -0.05) is 36.4 Å². The van der Waals surface area contributed by atoms with E-state index >= 15 is 0 Å². The molecule has 9 nitrogen and oxygen atoms in total. The molecule has 3 aromatic carbocycles. The number of carbonyl (C=O) groups excluding carboxylic acids is 2. The van der Waals surface area contributed by atoms with Crippen LogP contribution in [-0.2, 0) is 14.8 Å². The number of carbonyl (C=O) groups is 2. The zero-order valence-corrected chi connectivity index (χ0v) is 21.7. The fourth-order valence-corrected chi connectivity index (χ4v) is 5.17. The summed E-state index contributed by atoms with van der Waals surface area (Å²) >= 11 is 0. The van der Waals surface area contributed by atoms with E-state index in [1.54, 1.807) is 36.4 Å². The number of hydrogen-bond acceptors (Lipinski definition) is 7. The van der Waals surface area contributed by atoms with Crippen molar-refractivity contribution in [2.75, 3.05) is 36.5 Å². The highest BCUT2D eigenvalue weighted by atomic mass is 32.2. The first-order chi connectivity index (χ1) is 18.9. The van der Waals surface area contributed by atoms with Gasteiger partial charge in [-0.25, -0.2) is 22.9 Å². The average Bonchev–Trinajstić information content (AvgIpc) is 2.96. The Kier molecular flexibility index (Phi) is 7.67. The van der Waals surface area contributed by atoms with Crippen molar-refractivity contribution >= 4 is 50.2 Å². The third-order valence-corrected chi connectivity index (χ3v) is 7.53. The molecule has 1 aliphatic rings. The lowest BCUT2D eigenvalue weighted by atomic mass is 10.1. The summed E-state index contributed by atoms with van der Waals surface area (Å²) in [7, 11) is -4.00. The SMILES string of the molecule is O=C(Nc1ccc(C(=O)C=Cc2cc(N3CCOCC3)c3ccccc3n2)cc1)NS(=O)(=O)c1ccccc1. The number of para-hydroxylation sites is 1. The average molecular weight is 543 g/mol. The van der Waals surface area contributed by atoms with Crippen LogP contribution in [0.25, 0.3) is 17.0 Å². The zero-order valence-electron chi connectivity index (χ0n) is 20.9. The Hall–Kier alpha value is -4.54. The smallest absolute Gasteiger partial charge is 0.333 e. The number of pyridine rings is 1. The first kappa shape index (κ1) is 26.1. The van der Waals surface area contributed by atoms with E-state index in [4.69, 9.17) is 9.72 Å². The second kappa shape index (κ2) is 11.5. The van der Waals surface area contributed by atoms with Crippen LogP contribution in [0.1, 0.15) is 16.1 Å². The van der Waals surface area contributed by atoms with Gasteiger partial charge in [0.05, 0.1) is 29.3 Å². The summed E-state index contributed by atoms with van der Waals surface area (Å²) in [5.41, 5.74) is 3.31. The maximum atomic E-state index is 12.8. The Morgan fingerprint density at radius 1 is 0.897 bits per heavy atom. The molecule has 2 heterocycles. The Morgan fingerprint density at radius 2 is 1.59 bits per heavy atom. The summed E-state index contributed by atoms with van der Waals surface area (Å²) < 4.78 is 32.1. The quantitative estimate of drug-likeness (QED) is 0.261. The van der Waals surface area contributed by atoms with Crippen molar-refractivity contribution in [3.63, 3.8) is 0 Å². The Morgan fingerprint density at radius 3 is 2.33 bits per heavy atom. The molecule has 0 unspecified atom stereocenters. The number of allylic oxidation sites excluding steroid dienone is 1. The number of urea groups is 1. The molecule has 0 radical (unpaired) electrons. The molecule has 10 heteroatoms. The fraction of sp³-hybridized carbons (Fsp3) is 0.138. The molecule has 1 fully saturated rings. The van der Waals surface area contributed by atoms with Crippen molar-refractivity contribution in [2.45, 2.75) is 4.90 Å². The van der Waals surface area contributed by atoms with Crippen LogP contribution in [0.15, 0.2) is 95.9 Å². The van der Waals surface area contributed by atoms with Gasteiger partial charge in [-0.2, -0.15) is 0 Å². The van der Waals surface area contributed by atoms with E-state index in [2.05, 4.69) is 10.2 Å². The molecule has 0 atom stereocenters. The summed E-state index contributed by atoms with van der Waals surface area (Å²) in [5.74, 6) is -0.236. The lowest BCUT2D eigenvalue weighted by Crippen LogP contribution is -2.36. The van der Waals surface area contributed by atoms with Crippen LogP contribution in [0.5, 0.6) is 0 Å². The van der Waals surface area contributed by atoms with Gasteiger partial charge in [-0.15, -0.1) is 0 Å². The number of amides is 2. The molecule has 198 valence electrons. The highest BCUT2D eigenvalue weighted by molar-refractivity contribution is 7.90. The molecule has 0 saturated carbocycles. The summed E-state index contributed by atoms with van der Waals surface area (Å²) in [6.07, 6.45) is 3.15. The molecule has 4 aromatic rings. The number of aromatic nitrogens is 1. The molecule has 1 saturated heterocycles. The summed E-state index contributed by atoms with van der Waals surface area (Å²) in [6, 6.07) is 22.7. The van der Waals surface area contributed by atoms with Gasteiger partial charge >= 0.3 is 6.03 Å². The minimum atomic E-state index is -4.00. The molecule has 1 aliphatic heterocycles. The second-order valence-corrected chi connectivity index (χ2v) is 10.5. The number of anilines is 2. The van der Waals surface area contributed by atoms with Gasteiger partial charge in [0, 0.05) is 35.4 Å². The molecule has 2 amide bonds. The number of fused-ring (bicyclic) bond motifs is 1. The Bertz CT molecular complexity index is 1630. The first-order valence-corrected chi connectivity index (χ1v) is 13.8. The number of rotatable bonds is 7. The van der Waals surface area contributed by atoms with Crippen LogP contribution in [0.3, 0.4) is 0 Å². The number of ether oxygens (including phenoxy) is 1. The first-order valence-electron chi connectivity index (χ1n) is 12.3. The van der Waals surface area contributed by atoms with Crippen molar-refractivity contribution < 1.29 is 22.7 Å². The third kappa shape index (κ3) is 6.31. The number of nitrogens with one attached hydrogen (secondary N) is 2. The van der Waals surface area contributed by atoms with Gasteiger partial charge in [0.25, 0.3) is 10.0 Å². The van der Waals surface area contributed by atoms with Crippen LogP contribution in [0.4, 0.5) is 16.2 Å². The number of nitrogens with zero attached hydrogens (tertiary/aromatic N) is 2. The van der Waals surface area contributed by atoms with E-state index in [0.717, 1.165) is 29.7 Å². The van der Waals surface area contributed by atoms with Crippen LogP contribution >= 0.6 is 0 Å². The van der Waals surface area contributed by atoms with Gasteiger partial charge < -0.3 is 15.0 Å². The maximum absolute atomic E-state index is 12.8. The van der Waals surface area contributed by atoms with Crippen LogP contribution in [0.2, 0.25) is 0 Å². The van der Waals surface area contributed by atoms with Crippen molar-refractivity contribution in [3.05, 3.63) is 102 Å². The monoisotopic (exact) mass is 542 g/mol. The van der Waals surface area contributed by atoms with Gasteiger partial charge in [-0.3, -0.25) is 4.79 Å². The molecular formula is C29H26N4O5S. The predicted octanol–water partition coefficient (Wildman–Crippen LogP) is 4.48. The van der Waals surface area contributed by atoms with Gasteiger partial charge in [0.15, 0.2) is 5.78 Å². The fourth-order valence-electron chi connectivity index (χ4n) is 4.24. The Balaban J connectivity index is 1.26. The minimum absolute atomic E-state index is 0.0224. The number of benzene rings is 3. The number of ketones is 1. The van der Waals surface area contributed by atoms with Gasteiger partial charge in [-0.05, 0) is 60.7 Å². The molecule has 0 aliphatic carbocycles. The van der Waals surface area contributed by atoms with E-state index in [-0.39, 0.29) is 10.7 Å². The van der Waals surface area contributed by atoms with Crippen LogP contribution < -0.4 is 14.9 Å². The summed E-state index contributed by atoms with van der Waals surface area (Å²) in [4.78, 5) is 32.0. The second-order valence-electron chi connectivity index (χ2n) is 8.83. The predicted molar refractivity (Wildman–Crippen MR) is 150 cm³/mol. The Labute approximate surface area is 226 Å². The lowest BCUT2D eigenvalue weighted by molar-refractivity contribution is 0.104.